The number of rotatable bonds is 6. The van der Waals surface area contributed by atoms with Crippen LogP contribution in [0.5, 0.6) is 5.75 Å². The third-order valence-electron chi connectivity index (χ3n) is 6.14. The van der Waals surface area contributed by atoms with Crippen molar-refractivity contribution in [3.8, 4) is 5.75 Å². The molecule has 1 aliphatic heterocycles. The number of benzene rings is 3. The molecule has 0 bridgehead atoms. The molecule has 0 radical (unpaired) electrons. The Bertz CT molecular complexity index is 1510. The maximum atomic E-state index is 13.3. The van der Waals surface area contributed by atoms with Gasteiger partial charge in [0, 0.05) is 30.1 Å². The predicted octanol–water partition coefficient (Wildman–Crippen LogP) is 3.26. The van der Waals surface area contributed by atoms with E-state index in [9.17, 15) is 19.2 Å². The topological polar surface area (TPSA) is 90.6 Å². The first-order valence-corrected chi connectivity index (χ1v) is 11.5. The summed E-state index contributed by atoms with van der Waals surface area (Å²) in [5.41, 5.74) is 0.371. The minimum absolute atomic E-state index is 0.211. The van der Waals surface area contributed by atoms with Crippen molar-refractivity contribution < 1.29 is 14.3 Å². The molecule has 2 heterocycles. The number of hydrogen-bond donors (Lipinski definition) is 0. The van der Waals surface area contributed by atoms with Gasteiger partial charge in [-0.25, -0.2) is 4.79 Å². The molecule has 36 heavy (non-hydrogen) atoms. The van der Waals surface area contributed by atoms with Crippen molar-refractivity contribution in [3.63, 3.8) is 0 Å². The molecular weight excluding hydrogens is 458 g/mol. The standard InChI is InChI=1S/C28H23N3O5/c32-25-16-18-30(28(35)31(25)26(33)21-9-5-2-6-10-21)24-15-17-29(27(24)34)22-11-13-23(14-12-22)36-19-20-7-3-1-4-8-20/h1-14,16,18,24H,15,17,19H2. The first kappa shape index (κ1) is 23.0. The van der Waals surface area contributed by atoms with E-state index in [1.807, 2.05) is 30.3 Å². The first-order chi connectivity index (χ1) is 17.5. The second-order valence-electron chi connectivity index (χ2n) is 8.41. The largest absolute Gasteiger partial charge is 0.489 e. The summed E-state index contributed by atoms with van der Waals surface area (Å²) in [5, 5.41) is 0. The van der Waals surface area contributed by atoms with Crippen LogP contribution in [0.1, 0.15) is 28.4 Å². The molecule has 0 N–H and O–H groups in total. The molecule has 180 valence electrons. The molecule has 8 heteroatoms. The zero-order valence-electron chi connectivity index (χ0n) is 19.3. The highest BCUT2D eigenvalue weighted by Crippen LogP contribution is 2.29. The number of anilines is 1. The first-order valence-electron chi connectivity index (χ1n) is 11.5. The number of hydrogen-bond acceptors (Lipinski definition) is 5. The third-order valence-corrected chi connectivity index (χ3v) is 6.14. The summed E-state index contributed by atoms with van der Waals surface area (Å²) in [6.07, 6.45) is 1.65. The zero-order valence-corrected chi connectivity index (χ0v) is 19.3. The molecule has 1 amide bonds. The molecule has 1 atom stereocenters. The smallest absolute Gasteiger partial charge is 0.338 e. The maximum absolute atomic E-state index is 13.3. The number of carbonyl (C=O) groups is 2. The highest BCUT2D eigenvalue weighted by atomic mass is 16.5. The predicted molar refractivity (Wildman–Crippen MR) is 134 cm³/mol. The molecule has 0 aliphatic carbocycles. The molecule has 1 aromatic heterocycles. The Kier molecular flexibility index (Phi) is 6.32. The average Bonchev–Trinajstić information content (AvgIpc) is 3.29. The fourth-order valence-corrected chi connectivity index (χ4v) is 4.27. The highest BCUT2D eigenvalue weighted by Gasteiger charge is 2.35. The lowest BCUT2D eigenvalue weighted by Crippen LogP contribution is -2.45. The van der Waals surface area contributed by atoms with Gasteiger partial charge in [-0.05, 0) is 48.4 Å². The van der Waals surface area contributed by atoms with Crippen molar-refractivity contribution in [2.45, 2.75) is 19.1 Å². The maximum Gasteiger partial charge on any atom is 0.338 e. The summed E-state index contributed by atoms with van der Waals surface area (Å²) in [7, 11) is 0. The van der Waals surface area contributed by atoms with Crippen molar-refractivity contribution in [3.05, 3.63) is 129 Å². The van der Waals surface area contributed by atoms with E-state index in [0.717, 1.165) is 11.6 Å². The molecule has 1 unspecified atom stereocenters. The van der Waals surface area contributed by atoms with Gasteiger partial charge in [-0.1, -0.05) is 48.5 Å². The van der Waals surface area contributed by atoms with Crippen LogP contribution in [0.25, 0.3) is 0 Å². The van der Waals surface area contributed by atoms with Crippen LogP contribution < -0.4 is 20.9 Å². The second-order valence-corrected chi connectivity index (χ2v) is 8.41. The minimum atomic E-state index is -0.832. The molecule has 5 rings (SSSR count). The van der Waals surface area contributed by atoms with E-state index >= 15 is 0 Å². The van der Waals surface area contributed by atoms with E-state index in [-0.39, 0.29) is 11.5 Å². The van der Waals surface area contributed by atoms with Crippen LogP contribution in [0.15, 0.2) is 107 Å². The molecule has 0 saturated carbocycles. The second kappa shape index (κ2) is 9.87. The number of amides is 1. The molecule has 8 nitrogen and oxygen atoms in total. The van der Waals surface area contributed by atoms with E-state index in [1.54, 1.807) is 47.4 Å². The number of aromatic nitrogens is 2. The van der Waals surface area contributed by atoms with Crippen molar-refractivity contribution in [1.29, 1.82) is 0 Å². The van der Waals surface area contributed by atoms with Gasteiger partial charge in [0.05, 0.1) is 0 Å². The van der Waals surface area contributed by atoms with Gasteiger partial charge in [-0.2, -0.15) is 4.57 Å². The van der Waals surface area contributed by atoms with Crippen molar-refractivity contribution >= 4 is 17.5 Å². The summed E-state index contributed by atoms with van der Waals surface area (Å²) < 4.78 is 7.55. The van der Waals surface area contributed by atoms with Crippen LogP contribution in [-0.2, 0) is 11.4 Å². The van der Waals surface area contributed by atoms with Crippen LogP contribution >= 0.6 is 0 Å². The van der Waals surface area contributed by atoms with Gasteiger partial charge >= 0.3 is 5.69 Å². The van der Waals surface area contributed by atoms with E-state index in [2.05, 4.69) is 0 Å². The van der Waals surface area contributed by atoms with Crippen molar-refractivity contribution in [2.24, 2.45) is 0 Å². The number of ether oxygens (including phenoxy) is 1. The molecule has 1 aliphatic rings. The molecule has 3 aromatic carbocycles. The SMILES string of the molecule is O=C1C(n2ccc(=O)n(C(=O)c3ccccc3)c2=O)CCN1c1ccc(OCc2ccccc2)cc1. The molecule has 0 spiro atoms. The van der Waals surface area contributed by atoms with Gasteiger partial charge < -0.3 is 9.64 Å². The van der Waals surface area contributed by atoms with Gasteiger partial charge in [-0.3, -0.25) is 19.0 Å². The number of nitrogens with zero attached hydrogens (tertiary/aromatic N) is 3. The lowest BCUT2D eigenvalue weighted by atomic mass is 10.2. The Labute approximate surface area is 206 Å². The average molecular weight is 482 g/mol. The van der Waals surface area contributed by atoms with E-state index in [4.69, 9.17) is 4.74 Å². The lowest BCUT2D eigenvalue weighted by molar-refractivity contribution is -0.119. The fourth-order valence-electron chi connectivity index (χ4n) is 4.27. The van der Waals surface area contributed by atoms with Crippen LogP contribution in [0.2, 0.25) is 0 Å². The van der Waals surface area contributed by atoms with E-state index < -0.39 is 23.2 Å². The number of carbonyl (C=O) groups excluding carboxylic acids is 2. The van der Waals surface area contributed by atoms with Gasteiger partial charge in [0.15, 0.2) is 0 Å². The lowest BCUT2D eigenvalue weighted by Gasteiger charge is -2.18. The van der Waals surface area contributed by atoms with Gasteiger partial charge in [-0.15, -0.1) is 0 Å². The summed E-state index contributed by atoms with van der Waals surface area (Å²) >= 11 is 0. The Morgan fingerprint density at radius 1 is 0.833 bits per heavy atom. The zero-order chi connectivity index (χ0) is 25.1. The Hall–Kier alpha value is -4.72. The molecule has 1 saturated heterocycles. The van der Waals surface area contributed by atoms with Crippen molar-refractivity contribution in [2.75, 3.05) is 11.4 Å². The van der Waals surface area contributed by atoms with Crippen LogP contribution in [-0.4, -0.2) is 27.5 Å². The third kappa shape index (κ3) is 4.48. The fraction of sp³-hybridized carbons (Fsp3) is 0.143. The van der Waals surface area contributed by atoms with Crippen molar-refractivity contribution in [1.82, 2.24) is 9.13 Å². The highest BCUT2D eigenvalue weighted by molar-refractivity contribution is 5.98. The molecular formula is C28H23N3O5. The van der Waals surface area contributed by atoms with Gasteiger partial charge in [0.2, 0.25) is 5.91 Å². The summed E-state index contributed by atoms with van der Waals surface area (Å²) in [6, 6.07) is 25.4. The minimum Gasteiger partial charge on any atom is -0.489 e. The van der Waals surface area contributed by atoms with Crippen LogP contribution in [0.4, 0.5) is 5.69 Å². The Balaban J connectivity index is 1.34. The quantitative estimate of drug-likeness (QED) is 0.422. The Morgan fingerprint density at radius 2 is 1.50 bits per heavy atom. The van der Waals surface area contributed by atoms with Gasteiger partial charge in [0.25, 0.3) is 11.5 Å². The summed E-state index contributed by atoms with van der Waals surface area (Å²) in [5.74, 6) is -0.339. The molecule has 4 aromatic rings. The van der Waals surface area contributed by atoms with Crippen LogP contribution in [0, 0.1) is 0 Å². The summed E-state index contributed by atoms with van der Waals surface area (Å²) in [4.78, 5) is 53.2. The van der Waals surface area contributed by atoms with Gasteiger partial charge in [0.1, 0.15) is 18.4 Å². The van der Waals surface area contributed by atoms with Crippen LogP contribution in [0.3, 0.4) is 0 Å². The molecule has 1 fully saturated rings. The monoisotopic (exact) mass is 481 g/mol. The van der Waals surface area contributed by atoms with E-state index in [0.29, 0.717) is 35.6 Å². The van der Waals surface area contributed by atoms with E-state index in [1.165, 1.54) is 22.9 Å². The summed E-state index contributed by atoms with van der Waals surface area (Å²) in [6.45, 7) is 0.831. The normalized spacial score (nSPS) is 15.2. The Morgan fingerprint density at radius 3 is 2.19 bits per heavy atom.